The van der Waals surface area contributed by atoms with Gasteiger partial charge in [-0.3, -0.25) is 0 Å². The van der Waals surface area contributed by atoms with E-state index in [2.05, 4.69) is 9.97 Å². The number of nitrogens with zero attached hydrogens (tertiary/aromatic N) is 2. The first kappa shape index (κ1) is 15.7. The van der Waals surface area contributed by atoms with Crippen LogP contribution < -0.4 is 0 Å². The molecule has 21 heavy (non-hydrogen) atoms. The molecule has 8 heteroatoms. The molecular formula is C13H9ClF4N2O. The number of ether oxygens (including phenoxy) is 1. The van der Waals surface area contributed by atoms with Crippen molar-refractivity contribution in [3.63, 3.8) is 0 Å². The Morgan fingerprint density at radius 3 is 2.48 bits per heavy atom. The zero-order valence-corrected chi connectivity index (χ0v) is 11.5. The Kier molecular flexibility index (Phi) is 4.43. The van der Waals surface area contributed by atoms with Gasteiger partial charge in [0, 0.05) is 18.7 Å². The highest BCUT2D eigenvalue weighted by Gasteiger charge is 2.34. The summed E-state index contributed by atoms with van der Waals surface area (Å²) < 4.78 is 55.9. The third-order valence-corrected chi connectivity index (χ3v) is 2.78. The first-order valence-corrected chi connectivity index (χ1v) is 6.08. The van der Waals surface area contributed by atoms with Crippen LogP contribution in [0.2, 0.25) is 5.15 Å². The fourth-order valence-electron chi connectivity index (χ4n) is 1.71. The van der Waals surface area contributed by atoms with Crippen LogP contribution in [0.4, 0.5) is 17.6 Å². The van der Waals surface area contributed by atoms with Crippen molar-refractivity contribution in [1.29, 1.82) is 0 Å². The highest BCUT2D eigenvalue weighted by Crippen LogP contribution is 2.33. The van der Waals surface area contributed by atoms with Gasteiger partial charge < -0.3 is 4.74 Å². The molecule has 0 radical (unpaired) electrons. The lowest BCUT2D eigenvalue weighted by molar-refractivity contribution is -0.139. The molecule has 0 aliphatic heterocycles. The molecule has 2 aromatic rings. The van der Waals surface area contributed by atoms with Crippen molar-refractivity contribution in [3.8, 4) is 11.3 Å². The Morgan fingerprint density at radius 1 is 1.19 bits per heavy atom. The molecule has 0 bridgehead atoms. The maximum atomic E-state index is 13.6. The summed E-state index contributed by atoms with van der Waals surface area (Å²) >= 11 is 5.80. The Labute approximate surface area is 122 Å². The van der Waals surface area contributed by atoms with Crippen LogP contribution in [0.25, 0.3) is 11.3 Å². The van der Waals surface area contributed by atoms with Crippen LogP contribution in [-0.4, -0.2) is 17.1 Å². The molecule has 0 unspecified atom stereocenters. The van der Waals surface area contributed by atoms with Gasteiger partial charge in [0.05, 0.1) is 11.3 Å². The minimum atomic E-state index is -4.74. The van der Waals surface area contributed by atoms with Gasteiger partial charge in [-0.05, 0) is 12.1 Å². The third kappa shape index (κ3) is 3.68. The monoisotopic (exact) mass is 320 g/mol. The summed E-state index contributed by atoms with van der Waals surface area (Å²) in [7, 11) is 1.43. The topological polar surface area (TPSA) is 35.0 Å². The van der Waals surface area contributed by atoms with E-state index in [4.69, 9.17) is 16.3 Å². The van der Waals surface area contributed by atoms with Crippen LogP contribution in [0, 0.1) is 5.82 Å². The number of benzene rings is 1. The van der Waals surface area contributed by atoms with Crippen molar-refractivity contribution in [2.45, 2.75) is 12.8 Å². The minimum Gasteiger partial charge on any atom is -0.377 e. The Bertz CT molecular complexity index is 661. The van der Waals surface area contributed by atoms with E-state index in [9.17, 15) is 17.6 Å². The molecule has 1 heterocycles. The summed E-state index contributed by atoms with van der Waals surface area (Å²) in [6.45, 7) is 0.0800. The number of methoxy groups -OCH3 is 1. The average Bonchev–Trinajstić information content (AvgIpc) is 2.36. The summed E-state index contributed by atoms with van der Waals surface area (Å²) in [5.41, 5.74) is -0.944. The van der Waals surface area contributed by atoms with Gasteiger partial charge in [-0.2, -0.15) is 13.2 Å². The second kappa shape index (κ2) is 5.95. The van der Waals surface area contributed by atoms with Crippen molar-refractivity contribution < 1.29 is 22.3 Å². The molecule has 0 aliphatic rings. The fourth-order valence-corrected chi connectivity index (χ4v) is 1.91. The number of hydrogen-bond donors (Lipinski definition) is 0. The molecule has 0 saturated carbocycles. The number of hydrogen-bond acceptors (Lipinski definition) is 3. The first-order valence-electron chi connectivity index (χ1n) is 5.71. The van der Waals surface area contributed by atoms with Crippen LogP contribution >= 0.6 is 11.6 Å². The standard InChI is InChI=1S/C13H9ClF4N2O/c1-21-6-12-19-10(5-11(14)20-12)7-2-3-8(9(15)4-7)13(16,17)18/h2-5H,6H2,1H3. The molecule has 112 valence electrons. The van der Waals surface area contributed by atoms with Crippen molar-refractivity contribution in [2.24, 2.45) is 0 Å². The normalized spacial score (nSPS) is 11.7. The van der Waals surface area contributed by atoms with E-state index in [0.717, 1.165) is 12.1 Å². The van der Waals surface area contributed by atoms with E-state index in [0.29, 0.717) is 6.07 Å². The second-order valence-corrected chi connectivity index (χ2v) is 4.50. The quantitative estimate of drug-likeness (QED) is 0.631. The molecule has 2 rings (SSSR count). The van der Waals surface area contributed by atoms with Crippen LogP contribution in [0.15, 0.2) is 24.3 Å². The lowest BCUT2D eigenvalue weighted by atomic mass is 10.1. The molecule has 0 atom stereocenters. The zero-order chi connectivity index (χ0) is 15.6. The lowest BCUT2D eigenvalue weighted by Gasteiger charge is -2.10. The number of halogens is 5. The SMILES string of the molecule is COCc1nc(Cl)cc(-c2ccc(C(F)(F)F)c(F)c2)n1. The average molecular weight is 321 g/mol. The van der Waals surface area contributed by atoms with Crippen LogP contribution in [0.5, 0.6) is 0 Å². The summed E-state index contributed by atoms with van der Waals surface area (Å²) in [5.74, 6) is -1.12. The Morgan fingerprint density at radius 2 is 1.90 bits per heavy atom. The zero-order valence-electron chi connectivity index (χ0n) is 10.7. The van der Waals surface area contributed by atoms with Crippen molar-refractivity contribution in [1.82, 2.24) is 9.97 Å². The van der Waals surface area contributed by atoms with E-state index in [1.165, 1.54) is 13.2 Å². The van der Waals surface area contributed by atoms with Gasteiger partial charge in [-0.15, -0.1) is 0 Å². The van der Waals surface area contributed by atoms with Gasteiger partial charge in [0.15, 0.2) is 5.82 Å². The first-order chi connectivity index (χ1) is 9.81. The number of alkyl halides is 3. The molecule has 1 aromatic carbocycles. The Hall–Kier alpha value is -1.73. The molecular weight excluding hydrogens is 312 g/mol. The highest BCUT2D eigenvalue weighted by atomic mass is 35.5. The van der Waals surface area contributed by atoms with E-state index >= 15 is 0 Å². The van der Waals surface area contributed by atoms with Gasteiger partial charge in [0.2, 0.25) is 0 Å². The van der Waals surface area contributed by atoms with Crippen molar-refractivity contribution in [3.05, 3.63) is 46.6 Å². The molecule has 0 fully saturated rings. The van der Waals surface area contributed by atoms with Crippen molar-refractivity contribution >= 4 is 11.6 Å². The highest BCUT2D eigenvalue weighted by molar-refractivity contribution is 6.29. The lowest BCUT2D eigenvalue weighted by Crippen LogP contribution is -2.08. The number of aromatic nitrogens is 2. The molecule has 0 saturated heterocycles. The minimum absolute atomic E-state index is 0.0800. The third-order valence-electron chi connectivity index (χ3n) is 2.58. The van der Waals surface area contributed by atoms with Crippen molar-refractivity contribution in [2.75, 3.05) is 7.11 Å². The predicted molar refractivity (Wildman–Crippen MR) is 68.2 cm³/mol. The van der Waals surface area contributed by atoms with Gasteiger partial charge in [-0.25, -0.2) is 14.4 Å². The molecule has 3 nitrogen and oxygen atoms in total. The van der Waals surface area contributed by atoms with Gasteiger partial charge >= 0.3 is 6.18 Å². The Balaban J connectivity index is 2.45. The van der Waals surface area contributed by atoms with E-state index in [1.807, 2.05) is 0 Å². The fraction of sp³-hybridized carbons (Fsp3) is 0.231. The molecule has 1 aromatic heterocycles. The van der Waals surface area contributed by atoms with Gasteiger partial charge in [0.25, 0.3) is 0 Å². The maximum absolute atomic E-state index is 13.6. The maximum Gasteiger partial charge on any atom is 0.419 e. The number of rotatable bonds is 3. The summed E-state index contributed by atoms with van der Waals surface area (Å²) in [5, 5.41) is 0.0901. The molecule has 0 amide bonds. The predicted octanol–water partition coefficient (Wildman–Crippen LogP) is 4.10. The van der Waals surface area contributed by atoms with E-state index in [-0.39, 0.29) is 28.8 Å². The van der Waals surface area contributed by atoms with Crippen LogP contribution in [0.1, 0.15) is 11.4 Å². The summed E-state index contributed by atoms with van der Waals surface area (Å²) in [6, 6.07) is 3.89. The van der Waals surface area contributed by atoms with E-state index in [1.54, 1.807) is 0 Å². The molecule has 0 N–H and O–H groups in total. The van der Waals surface area contributed by atoms with Crippen LogP contribution in [-0.2, 0) is 17.5 Å². The summed E-state index contributed by atoms with van der Waals surface area (Å²) in [6.07, 6.45) is -4.74. The van der Waals surface area contributed by atoms with Crippen LogP contribution in [0.3, 0.4) is 0 Å². The largest absolute Gasteiger partial charge is 0.419 e. The second-order valence-electron chi connectivity index (χ2n) is 4.12. The molecule has 0 aliphatic carbocycles. The van der Waals surface area contributed by atoms with E-state index < -0.39 is 17.6 Å². The smallest absolute Gasteiger partial charge is 0.377 e. The van der Waals surface area contributed by atoms with Gasteiger partial charge in [-0.1, -0.05) is 17.7 Å². The van der Waals surface area contributed by atoms with Gasteiger partial charge in [0.1, 0.15) is 17.6 Å². The molecule has 0 spiro atoms. The summed E-state index contributed by atoms with van der Waals surface area (Å²) in [4.78, 5) is 7.94.